The molecule has 0 aliphatic rings. The van der Waals surface area contributed by atoms with Crippen molar-refractivity contribution in [3.63, 3.8) is 0 Å². The molecule has 0 aliphatic heterocycles. The third-order valence-electron chi connectivity index (χ3n) is 2.84. The first-order chi connectivity index (χ1) is 8.70. The Morgan fingerprint density at radius 3 is 2.56 bits per heavy atom. The van der Waals surface area contributed by atoms with Gasteiger partial charge in [-0.05, 0) is 19.5 Å². The largest absolute Gasteiger partial charge is 0.312 e. The number of aryl methyl sites for hydroxylation is 1. The van der Waals surface area contributed by atoms with Crippen molar-refractivity contribution in [2.75, 3.05) is 7.05 Å². The average Bonchev–Trinajstić information content (AvgIpc) is 2.85. The fraction of sp³-hybridized carbons (Fsp3) is 0.385. The predicted molar refractivity (Wildman–Crippen MR) is 78.2 cm³/mol. The highest BCUT2D eigenvalue weighted by atomic mass is 32.2. The van der Waals surface area contributed by atoms with Gasteiger partial charge in [-0.3, -0.25) is 0 Å². The zero-order chi connectivity index (χ0) is 13.0. The van der Waals surface area contributed by atoms with Gasteiger partial charge in [-0.25, -0.2) is 0 Å². The van der Waals surface area contributed by atoms with Crippen LogP contribution in [0.3, 0.4) is 0 Å². The summed E-state index contributed by atoms with van der Waals surface area (Å²) in [7, 11) is 2.00. The van der Waals surface area contributed by atoms with Crippen LogP contribution in [0, 0.1) is 6.92 Å². The second-order valence-electron chi connectivity index (χ2n) is 4.20. The Morgan fingerprint density at radius 2 is 2.00 bits per heavy atom. The number of rotatable bonds is 5. The molecular weight excluding hydrogens is 262 g/mol. The molecule has 0 saturated heterocycles. The Balaban J connectivity index is 2.10. The average molecular weight is 279 g/mol. The number of aromatic nitrogens is 2. The smallest absolute Gasteiger partial charge is 0.174 e. The number of nitrogens with zero attached hydrogens (tertiary/aromatic N) is 2. The van der Waals surface area contributed by atoms with E-state index in [-0.39, 0.29) is 0 Å². The van der Waals surface area contributed by atoms with Crippen molar-refractivity contribution in [3.8, 4) is 0 Å². The van der Waals surface area contributed by atoms with Crippen molar-refractivity contribution in [2.45, 2.75) is 29.5 Å². The van der Waals surface area contributed by atoms with Crippen LogP contribution < -0.4 is 5.32 Å². The zero-order valence-corrected chi connectivity index (χ0v) is 12.4. The quantitative estimate of drug-likeness (QED) is 0.852. The van der Waals surface area contributed by atoms with Gasteiger partial charge in [0.05, 0.1) is 0 Å². The minimum absolute atomic E-state index is 0.319. The van der Waals surface area contributed by atoms with E-state index in [9.17, 15) is 0 Å². The lowest BCUT2D eigenvalue weighted by molar-refractivity contribution is 0.589. The number of hydrogen-bond donors (Lipinski definition) is 1. The second kappa shape index (κ2) is 6.31. The maximum Gasteiger partial charge on any atom is 0.174 e. The summed E-state index contributed by atoms with van der Waals surface area (Å²) in [6.45, 7) is 4.32. The Hall–Kier alpha value is -0.910. The number of benzene rings is 1. The summed E-state index contributed by atoms with van der Waals surface area (Å²) in [6.07, 6.45) is 0. The normalized spacial score (nSPS) is 14.4. The Kier molecular flexibility index (Phi) is 4.74. The monoisotopic (exact) mass is 279 g/mol. The predicted octanol–water partition coefficient (Wildman–Crippen LogP) is 3.29. The molecule has 1 N–H and O–H groups in total. The number of thioether (sulfide) groups is 1. The van der Waals surface area contributed by atoms with Gasteiger partial charge in [0.25, 0.3) is 0 Å². The number of nitrogens with one attached hydrogen (secondary N) is 1. The molecule has 2 unspecified atom stereocenters. The van der Waals surface area contributed by atoms with Crippen molar-refractivity contribution in [1.82, 2.24) is 15.5 Å². The maximum absolute atomic E-state index is 4.08. The molecule has 1 heterocycles. The molecule has 0 spiro atoms. The van der Waals surface area contributed by atoms with Gasteiger partial charge >= 0.3 is 0 Å². The molecule has 5 heteroatoms. The van der Waals surface area contributed by atoms with E-state index in [0.29, 0.717) is 11.3 Å². The Morgan fingerprint density at radius 1 is 1.28 bits per heavy atom. The fourth-order valence-electron chi connectivity index (χ4n) is 1.89. The molecule has 1 aromatic carbocycles. The second-order valence-corrected chi connectivity index (χ2v) is 6.66. The van der Waals surface area contributed by atoms with Gasteiger partial charge in [-0.15, -0.1) is 10.2 Å². The van der Waals surface area contributed by atoms with Crippen LogP contribution >= 0.6 is 23.1 Å². The molecule has 2 rings (SSSR count). The van der Waals surface area contributed by atoms with Gasteiger partial charge in [0, 0.05) is 11.3 Å². The lowest BCUT2D eigenvalue weighted by atomic mass is 10.0. The molecule has 18 heavy (non-hydrogen) atoms. The van der Waals surface area contributed by atoms with Crippen LogP contribution in [0.15, 0.2) is 34.1 Å². The van der Waals surface area contributed by atoms with E-state index in [1.165, 1.54) is 11.1 Å². The topological polar surface area (TPSA) is 37.8 Å². The summed E-state index contributed by atoms with van der Waals surface area (Å²) in [5, 5.41) is 11.8. The van der Waals surface area contributed by atoms with E-state index in [1.807, 2.05) is 7.05 Å². The first-order valence-corrected chi connectivity index (χ1v) is 7.63. The summed E-state index contributed by atoms with van der Waals surface area (Å²) in [5.74, 6) is 0. The molecule has 1 aromatic heterocycles. The molecule has 96 valence electrons. The third kappa shape index (κ3) is 3.31. The van der Waals surface area contributed by atoms with Crippen molar-refractivity contribution in [1.29, 1.82) is 0 Å². The van der Waals surface area contributed by atoms with Crippen molar-refractivity contribution in [3.05, 3.63) is 40.9 Å². The summed E-state index contributed by atoms with van der Waals surface area (Å²) < 4.78 is 1.02. The van der Waals surface area contributed by atoms with Crippen LogP contribution in [-0.4, -0.2) is 22.5 Å². The van der Waals surface area contributed by atoms with Gasteiger partial charge in [0.1, 0.15) is 5.51 Å². The minimum atomic E-state index is 0.319. The number of hydrogen-bond acceptors (Lipinski definition) is 5. The fourth-order valence-corrected chi connectivity index (χ4v) is 3.81. The molecule has 2 atom stereocenters. The minimum Gasteiger partial charge on any atom is -0.312 e. The van der Waals surface area contributed by atoms with Crippen molar-refractivity contribution in [2.24, 2.45) is 0 Å². The standard InChI is InChI=1S/C13H17N3S2/c1-9-4-6-11(7-5-9)12(14-3)10(2)18-13-16-15-8-17-13/h4-8,10,12,14H,1-3H3. The highest BCUT2D eigenvalue weighted by molar-refractivity contribution is 8.01. The summed E-state index contributed by atoms with van der Waals surface area (Å²) in [6, 6.07) is 9.00. The Labute approximate surface area is 116 Å². The van der Waals surface area contributed by atoms with Gasteiger partial charge in [0.2, 0.25) is 0 Å². The van der Waals surface area contributed by atoms with Gasteiger partial charge in [-0.2, -0.15) is 0 Å². The van der Waals surface area contributed by atoms with Crippen LogP contribution in [0.5, 0.6) is 0 Å². The van der Waals surface area contributed by atoms with E-state index in [2.05, 4.69) is 53.6 Å². The summed E-state index contributed by atoms with van der Waals surface area (Å²) in [4.78, 5) is 0. The zero-order valence-electron chi connectivity index (χ0n) is 10.8. The van der Waals surface area contributed by atoms with Gasteiger partial charge < -0.3 is 5.32 Å². The molecule has 2 aromatic rings. The SMILES string of the molecule is CNC(c1ccc(C)cc1)C(C)Sc1nncs1. The lowest BCUT2D eigenvalue weighted by Crippen LogP contribution is -2.25. The van der Waals surface area contributed by atoms with Crippen LogP contribution in [0.25, 0.3) is 0 Å². The van der Waals surface area contributed by atoms with Gasteiger partial charge in [0.15, 0.2) is 4.34 Å². The summed E-state index contributed by atoms with van der Waals surface area (Å²) >= 11 is 3.35. The van der Waals surface area contributed by atoms with E-state index in [0.717, 1.165) is 4.34 Å². The van der Waals surface area contributed by atoms with E-state index >= 15 is 0 Å². The van der Waals surface area contributed by atoms with E-state index < -0.39 is 0 Å². The van der Waals surface area contributed by atoms with Crippen LogP contribution in [0.1, 0.15) is 24.1 Å². The van der Waals surface area contributed by atoms with Crippen molar-refractivity contribution >= 4 is 23.1 Å². The molecule has 0 saturated carbocycles. The van der Waals surface area contributed by atoms with Crippen LogP contribution in [0.4, 0.5) is 0 Å². The molecule has 0 fully saturated rings. The lowest BCUT2D eigenvalue weighted by Gasteiger charge is -2.22. The molecule has 0 radical (unpaired) electrons. The molecular formula is C13H17N3S2. The van der Waals surface area contributed by atoms with E-state index in [1.54, 1.807) is 28.6 Å². The third-order valence-corrected chi connectivity index (χ3v) is 4.83. The molecule has 0 aliphatic carbocycles. The van der Waals surface area contributed by atoms with Crippen LogP contribution in [-0.2, 0) is 0 Å². The first kappa shape index (κ1) is 13.5. The first-order valence-electron chi connectivity index (χ1n) is 5.87. The Bertz CT molecular complexity index is 467. The summed E-state index contributed by atoms with van der Waals surface area (Å²) in [5.41, 5.74) is 4.38. The van der Waals surface area contributed by atoms with Crippen molar-refractivity contribution < 1.29 is 0 Å². The molecule has 3 nitrogen and oxygen atoms in total. The maximum atomic E-state index is 4.08. The highest BCUT2D eigenvalue weighted by Crippen LogP contribution is 2.32. The molecule has 0 amide bonds. The van der Waals surface area contributed by atoms with Gasteiger partial charge in [-0.1, -0.05) is 59.9 Å². The highest BCUT2D eigenvalue weighted by Gasteiger charge is 2.19. The molecule has 0 bridgehead atoms. The van der Waals surface area contributed by atoms with E-state index in [4.69, 9.17) is 0 Å². The van der Waals surface area contributed by atoms with Crippen LogP contribution in [0.2, 0.25) is 0 Å².